The maximum absolute atomic E-state index is 6.21. The van der Waals surface area contributed by atoms with Crippen molar-refractivity contribution >= 4 is 38.9 Å². The standard InChI is InChI=1S/C13H13BrClNS/c14-11-5-6-17-13(11)7-9(8-16)10-3-1-2-4-12(10)15/h1-6,9H,7-8,16H2. The Bertz CT molecular complexity index is 498. The molecule has 0 spiro atoms. The van der Waals surface area contributed by atoms with E-state index >= 15 is 0 Å². The van der Waals surface area contributed by atoms with Gasteiger partial charge in [0.2, 0.25) is 0 Å². The first-order valence-electron chi connectivity index (χ1n) is 5.38. The number of hydrogen-bond donors (Lipinski definition) is 1. The minimum atomic E-state index is 0.277. The van der Waals surface area contributed by atoms with Gasteiger partial charge in [-0.15, -0.1) is 11.3 Å². The summed E-state index contributed by atoms with van der Waals surface area (Å²) in [6.45, 7) is 0.605. The van der Waals surface area contributed by atoms with Crippen molar-refractivity contribution in [2.75, 3.05) is 6.54 Å². The molecule has 0 aliphatic carbocycles. The van der Waals surface area contributed by atoms with E-state index in [9.17, 15) is 0 Å². The highest BCUT2D eigenvalue weighted by Crippen LogP contribution is 2.31. The highest BCUT2D eigenvalue weighted by Gasteiger charge is 2.15. The number of halogens is 2. The lowest BCUT2D eigenvalue weighted by Gasteiger charge is -2.16. The summed E-state index contributed by atoms with van der Waals surface area (Å²) in [5, 5.41) is 2.88. The van der Waals surface area contributed by atoms with Crippen LogP contribution in [0.1, 0.15) is 16.4 Å². The Balaban J connectivity index is 2.23. The molecule has 1 aromatic carbocycles. The van der Waals surface area contributed by atoms with Gasteiger partial charge in [-0.1, -0.05) is 29.8 Å². The molecule has 0 aliphatic heterocycles. The summed E-state index contributed by atoms with van der Waals surface area (Å²) in [4.78, 5) is 1.32. The molecule has 17 heavy (non-hydrogen) atoms. The van der Waals surface area contributed by atoms with Crippen LogP contribution in [-0.2, 0) is 6.42 Å². The van der Waals surface area contributed by atoms with E-state index in [-0.39, 0.29) is 5.92 Å². The molecule has 2 rings (SSSR count). The monoisotopic (exact) mass is 329 g/mol. The lowest BCUT2D eigenvalue weighted by atomic mass is 9.95. The molecule has 0 bridgehead atoms. The van der Waals surface area contributed by atoms with Crippen LogP contribution in [0.3, 0.4) is 0 Å². The van der Waals surface area contributed by atoms with E-state index in [1.165, 1.54) is 4.88 Å². The van der Waals surface area contributed by atoms with Crippen LogP contribution < -0.4 is 5.73 Å². The number of thiophene rings is 1. The SMILES string of the molecule is NCC(Cc1sccc1Br)c1ccccc1Cl. The lowest BCUT2D eigenvalue weighted by molar-refractivity contribution is 0.700. The topological polar surface area (TPSA) is 26.0 Å². The van der Waals surface area contributed by atoms with Crippen molar-refractivity contribution in [1.29, 1.82) is 0 Å². The number of benzene rings is 1. The van der Waals surface area contributed by atoms with Gasteiger partial charge in [-0.25, -0.2) is 0 Å². The zero-order valence-electron chi connectivity index (χ0n) is 9.20. The Morgan fingerprint density at radius 3 is 2.65 bits per heavy atom. The molecule has 1 unspecified atom stereocenters. The van der Waals surface area contributed by atoms with E-state index in [0.717, 1.165) is 21.5 Å². The van der Waals surface area contributed by atoms with Gasteiger partial charge < -0.3 is 5.73 Å². The molecule has 0 radical (unpaired) electrons. The second-order valence-electron chi connectivity index (χ2n) is 3.85. The van der Waals surface area contributed by atoms with Crippen LogP contribution in [0.4, 0.5) is 0 Å². The molecule has 4 heteroatoms. The zero-order valence-corrected chi connectivity index (χ0v) is 12.4. The first-order chi connectivity index (χ1) is 8.22. The Hall–Kier alpha value is -0.350. The van der Waals surface area contributed by atoms with E-state index in [1.807, 2.05) is 18.2 Å². The highest BCUT2D eigenvalue weighted by molar-refractivity contribution is 9.10. The maximum Gasteiger partial charge on any atom is 0.0441 e. The van der Waals surface area contributed by atoms with Crippen molar-refractivity contribution < 1.29 is 0 Å². The van der Waals surface area contributed by atoms with Crippen molar-refractivity contribution in [2.24, 2.45) is 5.73 Å². The van der Waals surface area contributed by atoms with E-state index in [2.05, 4.69) is 33.4 Å². The van der Waals surface area contributed by atoms with Gasteiger partial charge >= 0.3 is 0 Å². The maximum atomic E-state index is 6.21. The predicted octanol–water partition coefficient (Wildman–Crippen LogP) is 4.45. The molecule has 1 atom stereocenters. The molecule has 0 saturated heterocycles. The molecule has 0 aliphatic rings. The average molecular weight is 331 g/mol. The third kappa shape index (κ3) is 3.10. The van der Waals surface area contributed by atoms with Crippen LogP contribution in [0.2, 0.25) is 5.02 Å². The van der Waals surface area contributed by atoms with Crippen LogP contribution >= 0.6 is 38.9 Å². The first-order valence-corrected chi connectivity index (χ1v) is 7.43. The Labute approximate surface area is 119 Å². The Morgan fingerprint density at radius 1 is 1.29 bits per heavy atom. The van der Waals surface area contributed by atoms with E-state index in [1.54, 1.807) is 11.3 Å². The largest absolute Gasteiger partial charge is 0.330 e. The van der Waals surface area contributed by atoms with Gasteiger partial charge in [-0.2, -0.15) is 0 Å². The van der Waals surface area contributed by atoms with Gasteiger partial charge in [-0.05, 0) is 52.0 Å². The fourth-order valence-electron chi connectivity index (χ4n) is 1.82. The number of nitrogens with two attached hydrogens (primary N) is 1. The van der Waals surface area contributed by atoms with E-state index in [0.29, 0.717) is 6.54 Å². The molecule has 1 nitrogen and oxygen atoms in total. The molecule has 2 aromatic rings. The van der Waals surface area contributed by atoms with Crippen LogP contribution in [0.5, 0.6) is 0 Å². The fraction of sp³-hybridized carbons (Fsp3) is 0.231. The minimum Gasteiger partial charge on any atom is -0.330 e. The van der Waals surface area contributed by atoms with Crippen LogP contribution in [0, 0.1) is 0 Å². The number of rotatable bonds is 4. The van der Waals surface area contributed by atoms with Crippen molar-refractivity contribution in [3.05, 3.63) is 55.6 Å². The summed E-state index contributed by atoms with van der Waals surface area (Å²) in [6.07, 6.45) is 0.929. The smallest absolute Gasteiger partial charge is 0.0441 e. The molecular weight excluding hydrogens is 318 g/mol. The quantitative estimate of drug-likeness (QED) is 0.880. The summed E-state index contributed by atoms with van der Waals surface area (Å²) in [6, 6.07) is 10.00. The molecule has 0 amide bonds. The summed E-state index contributed by atoms with van der Waals surface area (Å²) < 4.78 is 1.16. The molecule has 90 valence electrons. The predicted molar refractivity (Wildman–Crippen MR) is 79.0 cm³/mol. The molecule has 2 N–H and O–H groups in total. The number of hydrogen-bond acceptors (Lipinski definition) is 2. The van der Waals surface area contributed by atoms with Crippen molar-refractivity contribution in [1.82, 2.24) is 0 Å². The van der Waals surface area contributed by atoms with Gasteiger partial charge in [0, 0.05) is 20.3 Å². The lowest BCUT2D eigenvalue weighted by Crippen LogP contribution is -2.15. The molecule has 1 heterocycles. The summed E-state index contributed by atoms with van der Waals surface area (Å²) >= 11 is 11.5. The summed E-state index contributed by atoms with van der Waals surface area (Å²) in [5.74, 6) is 0.277. The summed E-state index contributed by atoms with van der Waals surface area (Å²) in [7, 11) is 0. The van der Waals surface area contributed by atoms with Crippen molar-refractivity contribution in [3.63, 3.8) is 0 Å². The molecular formula is C13H13BrClNS. The summed E-state index contributed by atoms with van der Waals surface area (Å²) in [5.41, 5.74) is 7.01. The third-order valence-corrected chi connectivity index (χ3v) is 5.05. The van der Waals surface area contributed by atoms with E-state index in [4.69, 9.17) is 17.3 Å². The second kappa shape index (κ2) is 6.01. The third-order valence-electron chi connectivity index (χ3n) is 2.75. The zero-order chi connectivity index (χ0) is 12.3. The highest BCUT2D eigenvalue weighted by atomic mass is 79.9. The first kappa shape index (κ1) is 13.1. The van der Waals surface area contributed by atoms with Gasteiger partial charge in [-0.3, -0.25) is 0 Å². The minimum absolute atomic E-state index is 0.277. The normalized spacial score (nSPS) is 12.6. The van der Waals surface area contributed by atoms with Crippen LogP contribution in [-0.4, -0.2) is 6.54 Å². The van der Waals surface area contributed by atoms with E-state index < -0.39 is 0 Å². The van der Waals surface area contributed by atoms with Crippen molar-refractivity contribution in [3.8, 4) is 0 Å². The van der Waals surface area contributed by atoms with Crippen LogP contribution in [0.15, 0.2) is 40.2 Å². The average Bonchev–Trinajstić information content (AvgIpc) is 2.73. The molecule has 0 saturated carbocycles. The van der Waals surface area contributed by atoms with Gasteiger partial charge in [0.15, 0.2) is 0 Å². The van der Waals surface area contributed by atoms with Crippen LogP contribution in [0.25, 0.3) is 0 Å². The van der Waals surface area contributed by atoms with Gasteiger partial charge in [0.25, 0.3) is 0 Å². The Kier molecular flexibility index (Phi) is 4.62. The Morgan fingerprint density at radius 2 is 2.06 bits per heavy atom. The fourth-order valence-corrected chi connectivity index (χ4v) is 3.71. The molecule has 0 fully saturated rings. The molecule has 1 aromatic heterocycles. The van der Waals surface area contributed by atoms with Crippen molar-refractivity contribution in [2.45, 2.75) is 12.3 Å². The van der Waals surface area contributed by atoms with Gasteiger partial charge in [0.05, 0.1) is 0 Å². The van der Waals surface area contributed by atoms with Gasteiger partial charge in [0.1, 0.15) is 0 Å². The second-order valence-corrected chi connectivity index (χ2v) is 6.11.